The van der Waals surface area contributed by atoms with E-state index in [9.17, 15) is 4.79 Å². The van der Waals surface area contributed by atoms with Gasteiger partial charge in [0.1, 0.15) is 5.78 Å². The monoisotopic (exact) mass is 321 g/mol. The highest BCUT2D eigenvalue weighted by Crippen LogP contribution is 2.32. The van der Waals surface area contributed by atoms with Crippen molar-refractivity contribution in [3.05, 3.63) is 64.2 Å². The van der Waals surface area contributed by atoms with Crippen molar-refractivity contribution in [3.63, 3.8) is 0 Å². The zero-order valence-corrected chi connectivity index (χ0v) is 15.0. The quantitative estimate of drug-likeness (QED) is 0.826. The number of nitrogens with one attached hydrogen (secondary N) is 1. The summed E-state index contributed by atoms with van der Waals surface area (Å²) in [7, 11) is 0. The smallest absolute Gasteiger partial charge is 0.139 e. The van der Waals surface area contributed by atoms with Crippen LogP contribution in [0.1, 0.15) is 60.0 Å². The minimum atomic E-state index is 0.0717. The average molecular weight is 321 g/mol. The van der Waals surface area contributed by atoms with Crippen LogP contribution in [0.25, 0.3) is 0 Å². The van der Waals surface area contributed by atoms with Crippen LogP contribution in [0.5, 0.6) is 0 Å². The highest BCUT2D eigenvalue weighted by Gasteiger charge is 2.23. The molecule has 2 nitrogen and oxygen atoms in total. The molecule has 1 unspecified atom stereocenters. The molecule has 2 heteroatoms. The average Bonchev–Trinajstić information content (AvgIpc) is 2.72. The molecule has 0 amide bonds. The van der Waals surface area contributed by atoms with Gasteiger partial charge in [0, 0.05) is 18.5 Å². The molecule has 1 aliphatic rings. The number of unbranched alkanes of at least 4 members (excludes halogenated alkanes) is 1. The number of fused-ring (bicyclic) bond motifs is 1. The fourth-order valence-electron chi connectivity index (χ4n) is 3.46. The molecule has 2 aromatic rings. The fraction of sp³-hybridized carbons (Fsp3) is 0.409. The normalized spacial score (nSPS) is 17.1. The van der Waals surface area contributed by atoms with Crippen molar-refractivity contribution >= 4 is 11.5 Å². The number of carbonyl (C=O) groups is 1. The van der Waals surface area contributed by atoms with E-state index in [0.29, 0.717) is 18.6 Å². The Balaban J connectivity index is 1.91. The van der Waals surface area contributed by atoms with Crippen molar-refractivity contribution in [2.24, 2.45) is 0 Å². The lowest BCUT2D eigenvalue weighted by atomic mass is 9.97. The molecule has 24 heavy (non-hydrogen) atoms. The van der Waals surface area contributed by atoms with Gasteiger partial charge in [0.2, 0.25) is 0 Å². The highest BCUT2D eigenvalue weighted by atomic mass is 16.1. The Morgan fingerprint density at radius 2 is 1.92 bits per heavy atom. The second-order valence-electron chi connectivity index (χ2n) is 7.06. The summed E-state index contributed by atoms with van der Waals surface area (Å²) in [6.07, 6.45) is 4.62. The molecule has 0 saturated carbocycles. The van der Waals surface area contributed by atoms with E-state index < -0.39 is 0 Å². The van der Waals surface area contributed by atoms with Gasteiger partial charge in [0.15, 0.2) is 0 Å². The van der Waals surface area contributed by atoms with Crippen LogP contribution in [-0.4, -0.2) is 5.78 Å². The molecule has 3 rings (SSSR count). The number of aryl methyl sites for hydroxylation is 3. The summed E-state index contributed by atoms with van der Waals surface area (Å²) in [5.41, 5.74) is 7.37. The second kappa shape index (κ2) is 7.21. The third-order valence-corrected chi connectivity index (χ3v) is 5.04. The molecule has 0 aromatic heterocycles. The van der Waals surface area contributed by atoms with Gasteiger partial charge in [-0.2, -0.15) is 0 Å². The zero-order valence-electron chi connectivity index (χ0n) is 15.0. The molecular formula is C22H27NO. The Bertz CT molecular complexity index is 748. The summed E-state index contributed by atoms with van der Waals surface area (Å²) in [5, 5.41) is 3.64. The predicted octanol–water partition coefficient (Wildman–Crippen LogP) is 5.31. The summed E-state index contributed by atoms with van der Waals surface area (Å²) < 4.78 is 0. The molecular weight excluding hydrogens is 294 g/mol. The van der Waals surface area contributed by atoms with Crippen molar-refractivity contribution in [1.82, 2.24) is 0 Å². The minimum absolute atomic E-state index is 0.0717. The summed E-state index contributed by atoms with van der Waals surface area (Å²) >= 11 is 0. The van der Waals surface area contributed by atoms with E-state index in [-0.39, 0.29) is 6.04 Å². The molecule has 1 N–H and O–H groups in total. The van der Waals surface area contributed by atoms with E-state index in [1.165, 1.54) is 35.1 Å². The molecule has 0 aliphatic carbocycles. The fourth-order valence-corrected chi connectivity index (χ4v) is 3.46. The van der Waals surface area contributed by atoms with E-state index in [1.807, 2.05) is 0 Å². The molecule has 2 aromatic carbocycles. The Kier molecular flexibility index (Phi) is 5.03. The van der Waals surface area contributed by atoms with Crippen molar-refractivity contribution in [2.45, 2.75) is 58.9 Å². The summed E-state index contributed by atoms with van der Waals surface area (Å²) in [6.45, 7) is 6.46. The van der Waals surface area contributed by atoms with E-state index in [2.05, 4.69) is 62.5 Å². The van der Waals surface area contributed by atoms with Crippen molar-refractivity contribution < 1.29 is 4.79 Å². The van der Waals surface area contributed by atoms with Gasteiger partial charge in [-0.1, -0.05) is 43.7 Å². The van der Waals surface area contributed by atoms with Gasteiger partial charge in [-0.3, -0.25) is 4.79 Å². The predicted molar refractivity (Wildman–Crippen MR) is 101 cm³/mol. The van der Waals surface area contributed by atoms with E-state index in [4.69, 9.17) is 0 Å². The number of carbonyl (C=O) groups excluding carboxylic acids is 1. The number of hydrogen-bond donors (Lipinski definition) is 1. The van der Waals surface area contributed by atoms with Crippen LogP contribution in [0.2, 0.25) is 0 Å². The summed E-state index contributed by atoms with van der Waals surface area (Å²) in [4.78, 5) is 12.4. The summed E-state index contributed by atoms with van der Waals surface area (Å²) in [5.74, 6) is 0.313. The SMILES string of the molecule is CCCCc1cccc(C2CC(=O)Cc3cc(C)c(C)cc3N2)c1. The zero-order chi connectivity index (χ0) is 17.1. The third kappa shape index (κ3) is 3.69. The Hall–Kier alpha value is -2.09. The Morgan fingerprint density at radius 1 is 1.12 bits per heavy atom. The van der Waals surface area contributed by atoms with Gasteiger partial charge < -0.3 is 5.32 Å². The molecule has 0 radical (unpaired) electrons. The van der Waals surface area contributed by atoms with Gasteiger partial charge in [-0.25, -0.2) is 0 Å². The largest absolute Gasteiger partial charge is 0.378 e. The topological polar surface area (TPSA) is 29.1 Å². The van der Waals surface area contributed by atoms with Gasteiger partial charge in [-0.15, -0.1) is 0 Å². The van der Waals surface area contributed by atoms with Crippen LogP contribution >= 0.6 is 0 Å². The number of anilines is 1. The highest BCUT2D eigenvalue weighted by molar-refractivity contribution is 5.85. The molecule has 0 spiro atoms. The van der Waals surface area contributed by atoms with Gasteiger partial charge in [-0.05, 0) is 60.6 Å². The first-order valence-corrected chi connectivity index (χ1v) is 9.04. The lowest BCUT2D eigenvalue weighted by molar-refractivity contribution is -0.118. The van der Waals surface area contributed by atoms with Crippen LogP contribution in [0, 0.1) is 13.8 Å². The second-order valence-corrected chi connectivity index (χ2v) is 7.06. The maximum absolute atomic E-state index is 12.4. The van der Waals surface area contributed by atoms with Gasteiger partial charge >= 0.3 is 0 Å². The number of hydrogen-bond acceptors (Lipinski definition) is 2. The van der Waals surface area contributed by atoms with Crippen molar-refractivity contribution in [2.75, 3.05) is 5.32 Å². The Morgan fingerprint density at radius 3 is 2.71 bits per heavy atom. The molecule has 0 saturated heterocycles. The molecule has 1 atom stereocenters. The van der Waals surface area contributed by atoms with Crippen LogP contribution in [0.3, 0.4) is 0 Å². The summed E-state index contributed by atoms with van der Waals surface area (Å²) in [6, 6.07) is 13.2. The maximum Gasteiger partial charge on any atom is 0.139 e. The standard InChI is InChI=1S/C22H27NO/c1-4-5-7-17-8-6-9-18(12-17)22-14-20(24)13-19-10-15(2)16(3)11-21(19)23-22/h6,8-12,22-23H,4-5,7,13-14H2,1-3H3. The lowest BCUT2D eigenvalue weighted by Gasteiger charge is -2.20. The van der Waals surface area contributed by atoms with Crippen LogP contribution < -0.4 is 5.32 Å². The maximum atomic E-state index is 12.4. The number of Topliss-reactive ketones (excluding diaryl/α,β-unsaturated/α-hetero) is 1. The third-order valence-electron chi connectivity index (χ3n) is 5.04. The van der Waals surface area contributed by atoms with Crippen LogP contribution in [0.15, 0.2) is 36.4 Å². The van der Waals surface area contributed by atoms with Gasteiger partial charge in [0.05, 0.1) is 6.04 Å². The first kappa shape index (κ1) is 16.8. The lowest BCUT2D eigenvalue weighted by Crippen LogP contribution is -2.13. The first-order valence-electron chi connectivity index (χ1n) is 9.04. The Labute approximate surface area is 145 Å². The van der Waals surface area contributed by atoms with Crippen LogP contribution in [0.4, 0.5) is 5.69 Å². The molecule has 126 valence electrons. The van der Waals surface area contributed by atoms with Crippen LogP contribution in [-0.2, 0) is 17.6 Å². The van der Waals surface area contributed by atoms with E-state index in [1.54, 1.807) is 0 Å². The number of benzene rings is 2. The molecule has 1 heterocycles. The molecule has 0 bridgehead atoms. The van der Waals surface area contributed by atoms with E-state index in [0.717, 1.165) is 17.7 Å². The first-order chi connectivity index (χ1) is 11.6. The van der Waals surface area contributed by atoms with Crippen molar-refractivity contribution in [1.29, 1.82) is 0 Å². The van der Waals surface area contributed by atoms with Gasteiger partial charge in [0.25, 0.3) is 0 Å². The van der Waals surface area contributed by atoms with E-state index >= 15 is 0 Å². The molecule has 0 fully saturated rings. The molecule has 1 aliphatic heterocycles. The number of rotatable bonds is 4. The number of ketones is 1. The minimum Gasteiger partial charge on any atom is -0.378 e. The van der Waals surface area contributed by atoms with Crippen molar-refractivity contribution in [3.8, 4) is 0 Å².